The summed E-state index contributed by atoms with van der Waals surface area (Å²) in [6.45, 7) is 5.43. The van der Waals surface area contributed by atoms with Crippen LogP contribution in [0.1, 0.15) is 27.7 Å². The molecule has 0 aromatic heterocycles. The second kappa shape index (κ2) is 4.93. The van der Waals surface area contributed by atoms with Gasteiger partial charge in [-0.05, 0) is 27.7 Å². The third-order valence-electron chi connectivity index (χ3n) is 1.35. The molecule has 1 N–H and O–H groups in total. The van der Waals surface area contributed by atoms with Gasteiger partial charge in [0.15, 0.2) is 5.78 Å². The fourth-order valence-corrected chi connectivity index (χ4v) is 0.681. The predicted octanol–water partition coefficient (Wildman–Crippen LogP) is 1.44. The van der Waals surface area contributed by atoms with E-state index < -0.39 is 30.2 Å². The van der Waals surface area contributed by atoms with Crippen LogP contribution >= 0.6 is 0 Å². The van der Waals surface area contributed by atoms with Crippen molar-refractivity contribution in [3.05, 3.63) is 0 Å². The number of carbonyl (C=O) groups is 2. The number of rotatable bonds is 3. The predicted molar refractivity (Wildman–Crippen MR) is 49.8 cm³/mol. The molecule has 0 aliphatic rings. The van der Waals surface area contributed by atoms with Crippen LogP contribution in [0.25, 0.3) is 0 Å². The molecule has 0 rings (SSSR count). The first-order valence-electron chi connectivity index (χ1n) is 4.34. The summed E-state index contributed by atoms with van der Waals surface area (Å²) in [6, 6.07) is -0.852. The molecule has 0 radical (unpaired) electrons. The van der Waals surface area contributed by atoms with Gasteiger partial charge in [-0.2, -0.15) is 0 Å². The van der Waals surface area contributed by atoms with E-state index >= 15 is 0 Å². The van der Waals surface area contributed by atoms with Crippen LogP contribution in [0.3, 0.4) is 0 Å². The van der Waals surface area contributed by atoms with Crippen LogP contribution in [0.5, 0.6) is 0 Å². The molecule has 0 aromatic carbocycles. The highest BCUT2D eigenvalue weighted by Crippen LogP contribution is 2.06. The summed E-state index contributed by atoms with van der Waals surface area (Å²) in [5.41, 5.74) is -0.622. The van der Waals surface area contributed by atoms with Crippen LogP contribution < -0.4 is 5.32 Å². The summed E-state index contributed by atoms with van der Waals surface area (Å²) in [5, 5.41) is 2.24. The zero-order valence-corrected chi connectivity index (χ0v) is 8.89. The molecular weight excluding hydrogens is 189 g/mol. The van der Waals surface area contributed by atoms with Gasteiger partial charge in [0.25, 0.3) is 0 Å². The molecule has 0 unspecified atom stereocenters. The summed E-state index contributed by atoms with van der Waals surface area (Å²) in [7, 11) is 0. The van der Waals surface area contributed by atoms with Gasteiger partial charge in [-0.1, -0.05) is 0 Å². The van der Waals surface area contributed by atoms with Crippen molar-refractivity contribution in [1.82, 2.24) is 5.32 Å². The number of ether oxygens (including phenoxy) is 1. The van der Waals surface area contributed by atoms with Crippen LogP contribution in [0, 0.1) is 0 Å². The number of nitrogens with one attached hydrogen (secondary N) is 1. The first kappa shape index (κ1) is 12.9. The van der Waals surface area contributed by atoms with Crippen LogP contribution in [0.4, 0.5) is 9.18 Å². The van der Waals surface area contributed by atoms with Crippen molar-refractivity contribution in [3.8, 4) is 0 Å². The SMILES string of the molecule is C[C@H](NC(=O)OC(C)(C)C)C(=O)CF. The Hall–Kier alpha value is -1.13. The fraction of sp³-hybridized carbons (Fsp3) is 0.778. The first-order chi connectivity index (χ1) is 6.26. The lowest BCUT2D eigenvalue weighted by molar-refractivity contribution is -0.121. The number of Topliss-reactive ketones (excluding diaryl/α,β-unsaturated/α-hetero) is 1. The Morgan fingerprint density at radius 2 is 1.93 bits per heavy atom. The molecule has 0 saturated carbocycles. The number of alkyl carbamates (subject to hydrolysis) is 1. The molecule has 82 valence electrons. The number of amides is 1. The van der Waals surface area contributed by atoms with Crippen LogP contribution in [-0.2, 0) is 9.53 Å². The van der Waals surface area contributed by atoms with E-state index in [4.69, 9.17) is 4.74 Å². The molecule has 14 heavy (non-hydrogen) atoms. The molecule has 1 atom stereocenters. The second-order valence-electron chi connectivity index (χ2n) is 3.97. The van der Waals surface area contributed by atoms with Crippen molar-refractivity contribution in [2.45, 2.75) is 39.3 Å². The summed E-state index contributed by atoms with van der Waals surface area (Å²) < 4.78 is 16.8. The molecule has 0 spiro atoms. The topological polar surface area (TPSA) is 55.4 Å². The second-order valence-corrected chi connectivity index (χ2v) is 3.97. The normalized spacial score (nSPS) is 13.2. The Labute approximate surface area is 82.8 Å². The Kier molecular flexibility index (Phi) is 4.53. The average molecular weight is 205 g/mol. The van der Waals surface area contributed by atoms with Crippen molar-refractivity contribution in [2.24, 2.45) is 0 Å². The zero-order valence-electron chi connectivity index (χ0n) is 8.89. The molecule has 0 bridgehead atoms. The van der Waals surface area contributed by atoms with E-state index in [2.05, 4.69) is 5.32 Å². The minimum absolute atomic E-state index is 0.622. The Bertz CT molecular complexity index is 223. The standard InChI is InChI=1S/C9H16FNO3/c1-6(7(12)5-10)11-8(13)14-9(2,3)4/h6H,5H2,1-4H3,(H,11,13)/t6-/m0/s1. The lowest BCUT2D eigenvalue weighted by Gasteiger charge is -2.21. The highest BCUT2D eigenvalue weighted by Gasteiger charge is 2.20. The highest BCUT2D eigenvalue weighted by atomic mass is 19.1. The third kappa shape index (κ3) is 5.50. The number of ketones is 1. The maximum atomic E-state index is 11.9. The Morgan fingerprint density at radius 3 is 2.29 bits per heavy atom. The molecule has 0 aliphatic carbocycles. The van der Waals surface area contributed by atoms with Gasteiger partial charge in [-0.3, -0.25) is 4.79 Å². The van der Waals surface area contributed by atoms with Gasteiger partial charge in [0.2, 0.25) is 0 Å². The van der Waals surface area contributed by atoms with Crippen molar-refractivity contribution in [1.29, 1.82) is 0 Å². The van der Waals surface area contributed by atoms with Crippen LogP contribution in [0.2, 0.25) is 0 Å². The molecular formula is C9H16FNO3. The van der Waals surface area contributed by atoms with Gasteiger partial charge in [-0.25, -0.2) is 9.18 Å². The monoisotopic (exact) mass is 205 g/mol. The third-order valence-corrected chi connectivity index (χ3v) is 1.35. The van der Waals surface area contributed by atoms with E-state index in [0.29, 0.717) is 0 Å². The molecule has 0 aromatic rings. The van der Waals surface area contributed by atoms with Gasteiger partial charge in [0.05, 0.1) is 6.04 Å². The van der Waals surface area contributed by atoms with E-state index in [1.165, 1.54) is 6.92 Å². The summed E-state index contributed by atoms with van der Waals surface area (Å²) in [4.78, 5) is 21.8. The maximum Gasteiger partial charge on any atom is 0.408 e. The summed E-state index contributed by atoms with van der Waals surface area (Å²) in [6.07, 6.45) is -0.716. The van der Waals surface area contributed by atoms with E-state index in [1.54, 1.807) is 20.8 Å². The van der Waals surface area contributed by atoms with Gasteiger partial charge >= 0.3 is 6.09 Å². The highest BCUT2D eigenvalue weighted by molar-refractivity contribution is 5.87. The number of hydrogen-bond donors (Lipinski definition) is 1. The van der Waals surface area contributed by atoms with Crippen molar-refractivity contribution in [2.75, 3.05) is 6.67 Å². The van der Waals surface area contributed by atoms with Crippen molar-refractivity contribution >= 4 is 11.9 Å². The Morgan fingerprint density at radius 1 is 1.43 bits per heavy atom. The number of hydrogen-bond acceptors (Lipinski definition) is 3. The Balaban J connectivity index is 4.01. The zero-order chi connectivity index (χ0) is 11.4. The van der Waals surface area contributed by atoms with Crippen molar-refractivity contribution in [3.63, 3.8) is 0 Å². The largest absolute Gasteiger partial charge is 0.444 e. The van der Waals surface area contributed by atoms with Crippen molar-refractivity contribution < 1.29 is 18.7 Å². The van der Waals surface area contributed by atoms with Gasteiger partial charge in [-0.15, -0.1) is 0 Å². The number of halogens is 1. The van der Waals surface area contributed by atoms with E-state index in [1.807, 2.05) is 0 Å². The lowest BCUT2D eigenvalue weighted by atomic mass is 10.2. The minimum atomic E-state index is -1.09. The first-order valence-corrected chi connectivity index (χ1v) is 4.34. The number of carbonyl (C=O) groups excluding carboxylic acids is 2. The van der Waals surface area contributed by atoms with Gasteiger partial charge in [0.1, 0.15) is 12.3 Å². The summed E-state index contributed by atoms with van der Waals surface area (Å²) >= 11 is 0. The fourth-order valence-electron chi connectivity index (χ4n) is 0.681. The molecule has 0 aliphatic heterocycles. The molecule has 0 fully saturated rings. The lowest BCUT2D eigenvalue weighted by Crippen LogP contribution is -2.42. The van der Waals surface area contributed by atoms with E-state index in [0.717, 1.165) is 0 Å². The summed E-state index contributed by atoms with van der Waals surface area (Å²) in [5.74, 6) is -0.671. The molecule has 0 heterocycles. The molecule has 5 heteroatoms. The number of alkyl halides is 1. The smallest absolute Gasteiger partial charge is 0.408 e. The maximum absolute atomic E-state index is 11.9. The average Bonchev–Trinajstić information content (AvgIpc) is 1.99. The van der Waals surface area contributed by atoms with Gasteiger partial charge < -0.3 is 10.1 Å². The van der Waals surface area contributed by atoms with E-state index in [9.17, 15) is 14.0 Å². The van der Waals surface area contributed by atoms with Crippen LogP contribution in [-0.4, -0.2) is 30.2 Å². The van der Waals surface area contributed by atoms with E-state index in [-0.39, 0.29) is 0 Å². The minimum Gasteiger partial charge on any atom is -0.444 e. The molecule has 1 amide bonds. The molecule has 0 saturated heterocycles. The molecule has 4 nitrogen and oxygen atoms in total. The van der Waals surface area contributed by atoms with Gasteiger partial charge in [0, 0.05) is 0 Å². The quantitative estimate of drug-likeness (QED) is 0.758. The van der Waals surface area contributed by atoms with Crippen LogP contribution in [0.15, 0.2) is 0 Å².